The molecule has 0 unspecified atom stereocenters. The van der Waals surface area contributed by atoms with Crippen LogP contribution in [0.15, 0.2) is 35.3 Å². The number of fused-ring (bicyclic) bond motifs is 1. The molecular formula is C12H12ClNO2. The second-order valence-electron chi connectivity index (χ2n) is 3.45. The average Bonchev–Trinajstić information content (AvgIpc) is 2.30. The number of pyridine rings is 1. The fourth-order valence-corrected chi connectivity index (χ4v) is 1.61. The molecule has 1 aromatic carbocycles. The predicted molar refractivity (Wildman–Crippen MR) is 65.4 cm³/mol. The van der Waals surface area contributed by atoms with Crippen molar-refractivity contribution in [3.05, 3.63) is 40.8 Å². The lowest BCUT2D eigenvalue weighted by Crippen LogP contribution is -2.05. The molecule has 0 atom stereocenters. The highest BCUT2D eigenvalue weighted by atomic mass is 35.5. The molecule has 2 rings (SSSR count). The molecule has 0 aliphatic rings. The Morgan fingerprint density at radius 3 is 3.00 bits per heavy atom. The minimum Gasteiger partial charge on any atom is -0.494 e. The van der Waals surface area contributed by atoms with Crippen LogP contribution in [0.3, 0.4) is 0 Å². The van der Waals surface area contributed by atoms with Crippen LogP contribution in [0.5, 0.6) is 5.75 Å². The number of aromatic nitrogens is 1. The van der Waals surface area contributed by atoms with Crippen LogP contribution in [-0.2, 0) is 0 Å². The van der Waals surface area contributed by atoms with Gasteiger partial charge in [0, 0.05) is 12.1 Å². The molecule has 0 saturated heterocycles. The van der Waals surface area contributed by atoms with Crippen LogP contribution in [-0.4, -0.2) is 17.5 Å². The van der Waals surface area contributed by atoms with Gasteiger partial charge >= 0.3 is 0 Å². The fourth-order valence-electron chi connectivity index (χ4n) is 1.50. The molecule has 0 aliphatic carbocycles. The summed E-state index contributed by atoms with van der Waals surface area (Å²) < 4.78 is 5.47. The molecular weight excluding hydrogens is 226 g/mol. The number of hydrogen-bond donors (Lipinski definition) is 1. The molecule has 2 aromatic rings. The summed E-state index contributed by atoms with van der Waals surface area (Å²) in [5, 5.41) is 1.55. The van der Waals surface area contributed by atoms with Crippen LogP contribution in [0.25, 0.3) is 10.8 Å². The van der Waals surface area contributed by atoms with Crippen LogP contribution < -0.4 is 10.3 Å². The van der Waals surface area contributed by atoms with Crippen LogP contribution in [0.4, 0.5) is 0 Å². The second kappa shape index (κ2) is 5.03. The summed E-state index contributed by atoms with van der Waals surface area (Å²) >= 11 is 5.55. The number of hydrogen-bond acceptors (Lipinski definition) is 2. The number of rotatable bonds is 4. The second-order valence-corrected chi connectivity index (χ2v) is 3.82. The van der Waals surface area contributed by atoms with Gasteiger partial charge < -0.3 is 9.72 Å². The van der Waals surface area contributed by atoms with Crippen molar-refractivity contribution in [1.82, 2.24) is 4.98 Å². The van der Waals surface area contributed by atoms with Crippen molar-refractivity contribution in [2.75, 3.05) is 12.5 Å². The molecule has 1 aromatic heterocycles. The van der Waals surface area contributed by atoms with Gasteiger partial charge in [0.15, 0.2) is 0 Å². The molecule has 0 bridgehead atoms. The van der Waals surface area contributed by atoms with Gasteiger partial charge in [-0.1, -0.05) is 6.07 Å². The average molecular weight is 238 g/mol. The number of alkyl halides is 1. The zero-order chi connectivity index (χ0) is 11.4. The third-order valence-electron chi connectivity index (χ3n) is 2.29. The standard InChI is InChI=1S/C12H12ClNO2/c13-5-1-7-16-10-3-2-9-4-6-14-12(15)11(9)8-10/h2-4,6,8H,1,5,7H2,(H,14,15). The van der Waals surface area contributed by atoms with Gasteiger partial charge in [0.1, 0.15) is 5.75 Å². The molecule has 4 heteroatoms. The third-order valence-corrected chi connectivity index (χ3v) is 2.56. The van der Waals surface area contributed by atoms with Gasteiger partial charge in [-0.15, -0.1) is 11.6 Å². The monoisotopic (exact) mass is 237 g/mol. The predicted octanol–water partition coefficient (Wildman–Crippen LogP) is 2.54. The van der Waals surface area contributed by atoms with E-state index >= 15 is 0 Å². The van der Waals surface area contributed by atoms with E-state index in [9.17, 15) is 4.79 Å². The Morgan fingerprint density at radius 2 is 2.19 bits per heavy atom. The summed E-state index contributed by atoms with van der Waals surface area (Å²) in [5.74, 6) is 1.28. The Kier molecular flexibility index (Phi) is 3.47. The summed E-state index contributed by atoms with van der Waals surface area (Å²) in [5.41, 5.74) is -0.0970. The lowest BCUT2D eigenvalue weighted by atomic mass is 10.2. The summed E-state index contributed by atoms with van der Waals surface area (Å²) in [4.78, 5) is 14.2. The summed E-state index contributed by atoms with van der Waals surface area (Å²) in [7, 11) is 0. The number of halogens is 1. The van der Waals surface area contributed by atoms with E-state index in [1.165, 1.54) is 0 Å². The van der Waals surface area contributed by atoms with Gasteiger partial charge in [-0.05, 0) is 30.0 Å². The van der Waals surface area contributed by atoms with E-state index in [4.69, 9.17) is 16.3 Å². The quantitative estimate of drug-likeness (QED) is 0.656. The smallest absolute Gasteiger partial charge is 0.255 e. The summed E-state index contributed by atoms with van der Waals surface area (Å²) in [6.07, 6.45) is 2.43. The van der Waals surface area contributed by atoms with Crippen LogP contribution >= 0.6 is 11.6 Å². The van der Waals surface area contributed by atoms with E-state index in [0.29, 0.717) is 23.6 Å². The Bertz CT molecular complexity index is 536. The number of aromatic amines is 1. The lowest BCUT2D eigenvalue weighted by molar-refractivity contribution is 0.319. The molecule has 16 heavy (non-hydrogen) atoms. The highest BCUT2D eigenvalue weighted by Gasteiger charge is 2.00. The first-order valence-electron chi connectivity index (χ1n) is 5.11. The Labute approximate surface area is 98.0 Å². The van der Waals surface area contributed by atoms with E-state index in [2.05, 4.69) is 4.98 Å². The maximum Gasteiger partial charge on any atom is 0.255 e. The highest BCUT2D eigenvalue weighted by Crippen LogP contribution is 2.17. The SMILES string of the molecule is O=c1[nH]ccc2ccc(OCCCCl)cc12. The van der Waals surface area contributed by atoms with Crippen LogP contribution in [0.1, 0.15) is 6.42 Å². The Balaban J connectivity index is 2.29. The van der Waals surface area contributed by atoms with E-state index in [-0.39, 0.29) is 5.56 Å². The first kappa shape index (κ1) is 11.0. The highest BCUT2D eigenvalue weighted by molar-refractivity contribution is 6.17. The van der Waals surface area contributed by atoms with Crippen LogP contribution in [0.2, 0.25) is 0 Å². The number of nitrogens with one attached hydrogen (secondary N) is 1. The zero-order valence-electron chi connectivity index (χ0n) is 8.70. The largest absolute Gasteiger partial charge is 0.494 e. The molecule has 0 radical (unpaired) electrons. The minimum atomic E-state index is -0.0970. The number of ether oxygens (including phenoxy) is 1. The molecule has 0 spiro atoms. The molecule has 0 amide bonds. The van der Waals surface area contributed by atoms with E-state index in [0.717, 1.165) is 11.8 Å². The van der Waals surface area contributed by atoms with Gasteiger partial charge in [0.2, 0.25) is 0 Å². The molecule has 0 aliphatic heterocycles. The molecule has 3 nitrogen and oxygen atoms in total. The summed E-state index contributed by atoms with van der Waals surface area (Å²) in [6.45, 7) is 0.569. The molecule has 1 heterocycles. The normalized spacial score (nSPS) is 10.6. The maximum absolute atomic E-state index is 11.5. The number of H-pyrrole nitrogens is 1. The van der Waals surface area contributed by atoms with Gasteiger partial charge in [0.25, 0.3) is 5.56 Å². The first-order chi connectivity index (χ1) is 7.81. The Morgan fingerprint density at radius 1 is 1.31 bits per heavy atom. The lowest BCUT2D eigenvalue weighted by Gasteiger charge is -2.05. The van der Waals surface area contributed by atoms with E-state index in [1.54, 1.807) is 12.3 Å². The minimum absolute atomic E-state index is 0.0970. The van der Waals surface area contributed by atoms with Crippen molar-refractivity contribution < 1.29 is 4.74 Å². The fraction of sp³-hybridized carbons (Fsp3) is 0.250. The third kappa shape index (κ3) is 2.36. The van der Waals surface area contributed by atoms with Crippen molar-refractivity contribution in [3.8, 4) is 5.75 Å². The van der Waals surface area contributed by atoms with Crippen molar-refractivity contribution in [2.45, 2.75) is 6.42 Å². The van der Waals surface area contributed by atoms with Gasteiger partial charge in [-0.2, -0.15) is 0 Å². The van der Waals surface area contributed by atoms with E-state index in [1.807, 2.05) is 18.2 Å². The molecule has 84 valence electrons. The molecule has 1 N–H and O–H groups in total. The summed E-state index contributed by atoms with van der Waals surface area (Å²) in [6, 6.07) is 7.35. The Hall–Kier alpha value is -1.48. The topological polar surface area (TPSA) is 42.1 Å². The molecule has 0 saturated carbocycles. The van der Waals surface area contributed by atoms with Gasteiger partial charge in [-0.25, -0.2) is 0 Å². The molecule has 0 fully saturated rings. The van der Waals surface area contributed by atoms with Gasteiger partial charge in [0.05, 0.1) is 12.0 Å². The van der Waals surface area contributed by atoms with Crippen LogP contribution in [0, 0.1) is 0 Å². The first-order valence-corrected chi connectivity index (χ1v) is 5.65. The zero-order valence-corrected chi connectivity index (χ0v) is 9.46. The van der Waals surface area contributed by atoms with Crippen molar-refractivity contribution in [2.24, 2.45) is 0 Å². The number of benzene rings is 1. The van der Waals surface area contributed by atoms with Crippen molar-refractivity contribution >= 4 is 22.4 Å². The van der Waals surface area contributed by atoms with Crippen molar-refractivity contribution in [3.63, 3.8) is 0 Å². The maximum atomic E-state index is 11.5. The van der Waals surface area contributed by atoms with Gasteiger partial charge in [-0.3, -0.25) is 4.79 Å². The van der Waals surface area contributed by atoms with Crippen molar-refractivity contribution in [1.29, 1.82) is 0 Å². The van der Waals surface area contributed by atoms with E-state index < -0.39 is 0 Å².